The van der Waals surface area contributed by atoms with Crippen LogP contribution in [-0.2, 0) is 11.8 Å². The quantitative estimate of drug-likeness (QED) is 0.703. The first-order valence-electron chi connectivity index (χ1n) is 10.2. The fraction of sp³-hybridized carbons (Fsp3) is 0.450. The van der Waals surface area contributed by atoms with Crippen LogP contribution in [0.1, 0.15) is 18.4 Å². The van der Waals surface area contributed by atoms with Crippen molar-refractivity contribution in [3.63, 3.8) is 0 Å². The van der Waals surface area contributed by atoms with Crippen LogP contribution in [0.2, 0.25) is 10.2 Å². The fourth-order valence-electron chi connectivity index (χ4n) is 5.28. The number of nitrogens with two attached hydrogens (primary N) is 1. The monoisotopic (exact) mass is 458 g/mol. The Bertz CT molecular complexity index is 1250. The van der Waals surface area contributed by atoms with Crippen LogP contribution >= 0.6 is 23.2 Å². The maximum absolute atomic E-state index is 13.4. The summed E-state index contributed by atoms with van der Waals surface area (Å²) in [5.41, 5.74) is 8.11. The molecule has 1 aromatic carbocycles. The predicted octanol–water partition coefficient (Wildman–Crippen LogP) is 1.86. The Morgan fingerprint density at radius 2 is 1.97 bits per heavy atom. The van der Waals surface area contributed by atoms with Gasteiger partial charge in [-0.1, -0.05) is 23.2 Å². The number of carbonyl (C=O) groups is 1. The van der Waals surface area contributed by atoms with E-state index < -0.39 is 5.92 Å². The Labute approximate surface area is 188 Å². The maximum atomic E-state index is 13.4. The molecule has 2 N–H and O–H groups in total. The van der Waals surface area contributed by atoms with Crippen LogP contribution in [0.4, 0.5) is 0 Å². The van der Waals surface area contributed by atoms with E-state index in [1.54, 1.807) is 29.7 Å². The molecule has 4 heterocycles. The topological polar surface area (TPSA) is 104 Å². The minimum absolute atomic E-state index is 0.121. The predicted molar refractivity (Wildman–Crippen MR) is 120 cm³/mol. The van der Waals surface area contributed by atoms with E-state index in [0.717, 1.165) is 19.4 Å². The summed E-state index contributed by atoms with van der Waals surface area (Å²) in [6, 6.07) is 3.95. The zero-order chi connectivity index (χ0) is 21.6. The standard InChI is InChI=1S/C20H20Cl2N8O/c1-28-19(31)13-16(9-4-5-10-12(14(9)21)17(22)29(2)27-10)25-26-18(13)24-20(28)30-7-8-3-6-11(30)15(8)23/h4-5,8,11,13,15H,3,6-7,23H2,1-2H3/t8-,11-,13?,15-/m0/s1. The molecule has 2 fully saturated rings. The van der Waals surface area contributed by atoms with E-state index in [4.69, 9.17) is 33.9 Å². The van der Waals surface area contributed by atoms with Gasteiger partial charge in [-0.15, -0.1) is 5.10 Å². The molecule has 0 spiro atoms. The molecule has 3 aliphatic heterocycles. The number of fused-ring (bicyclic) bond motifs is 4. The second-order valence-corrected chi connectivity index (χ2v) is 9.29. The number of halogens is 2. The van der Waals surface area contributed by atoms with E-state index in [2.05, 4.69) is 20.2 Å². The summed E-state index contributed by atoms with van der Waals surface area (Å²) in [5.74, 6) is 0.604. The Balaban J connectivity index is 1.38. The molecule has 1 saturated carbocycles. The number of nitrogens with zero attached hydrogens (tertiary/aromatic N) is 7. The van der Waals surface area contributed by atoms with E-state index in [1.165, 1.54) is 0 Å². The average Bonchev–Trinajstić information content (AvgIpc) is 3.48. The van der Waals surface area contributed by atoms with Gasteiger partial charge in [0.1, 0.15) is 11.1 Å². The van der Waals surface area contributed by atoms with Gasteiger partial charge in [-0.2, -0.15) is 15.2 Å². The van der Waals surface area contributed by atoms with Crippen LogP contribution in [0.25, 0.3) is 10.9 Å². The highest BCUT2D eigenvalue weighted by Gasteiger charge is 2.50. The smallest absolute Gasteiger partial charge is 0.246 e. The Morgan fingerprint density at radius 1 is 1.16 bits per heavy atom. The number of aliphatic imine (C=N–C) groups is 1. The molecule has 1 saturated heterocycles. The van der Waals surface area contributed by atoms with Gasteiger partial charge in [-0.05, 0) is 30.9 Å². The fourth-order valence-corrected chi connectivity index (χ4v) is 5.91. The molecule has 2 aromatic rings. The van der Waals surface area contributed by atoms with E-state index in [0.29, 0.717) is 50.1 Å². The zero-order valence-electron chi connectivity index (χ0n) is 17.0. The van der Waals surface area contributed by atoms with Gasteiger partial charge in [0, 0.05) is 38.3 Å². The van der Waals surface area contributed by atoms with Crippen molar-refractivity contribution in [1.29, 1.82) is 0 Å². The van der Waals surface area contributed by atoms with Gasteiger partial charge in [-0.25, -0.2) is 0 Å². The molecule has 160 valence electrons. The lowest BCUT2D eigenvalue weighted by Crippen LogP contribution is -2.55. The Kier molecular flexibility index (Phi) is 4.03. The molecule has 2 bridgehead atoms. The summed E-state index contributed by atoms with van der Waals surface area (Å²) in [6.45, 7) is 0.815. The second kappa shape index (κ2) is 6.51. The molecule has 4 atom stereocenters. The largest absolute Gasteiger partial charge is 0.337 e. The van der Waals surface area contributed by atoms with Gasteiger partial charge >= 0.3 is 0 Å². The SMILES string of the molecule is CN1C(=O)C2C(=NN=C2c2ccc3nn(C)c(Cl)c3c2Cl)N=C1N1C[C@@H]2CC[C@H]1[C@H]2N. The van der Waals surface area contributed by atoms with E-state index in [1.807, 2.05) is 6.07 Å². The number of hydrogen-bond donors (Lipinski definition) is 1. The maximum Gasteiger partial charge on any atom is 0.246 e. The van der Waals surface area contributed by atoms with Gasteiger partial charge in [0.05, 0.1) is 21.6 Å². The molecule has 11 heteroatoms. The van der Waals surface area contributed by atoms with Gasteiger partial charge < -0.3 is 10.6 Å². The first kappa shape index (κ1) is 19.2. The number of amidine groups is 1. The number of guanidine groups is 1. The van der Waals surface area contributed by atoms with E-state index >= 15 is 0 Å². The Hall–Kier alpha value is -2.49. The van der Waals surface area contributed by atoms with Crippen molar-refractivity contribution in [2.24, 2.45) is 39.8 Å². The molecular formula is C20H20Cl2N8O. The number of amides is 1. The van der Waals surface area contributed by atoms with Crippen LogP contribution < -0.4 is 5.73 Å². The molecule has 0 radical (unpaired) electrons. The average molecular weight is 459 g/mol. The zero-order valence-corrected chi connectivity index (χ0v) is 18.5. The number of aromatic nitrogens is 2. The minimum atomic E-state index is -0.701. The third kappa shape index (κ3) is 2.51. The number of likely N-dealkylation sites (tertiary alicyclic amines) is 1. The van der Waals surface area contributed by atoms with Gasteiger partial charge in [0.15, 0.2) is 5.84 Å². The van der Waals surface area contributed by atoms with Crippen LogP contribution in [0.5, 0.6) is 0 Å². The number of benzene rings is 1. The molecule has 1 aliphatic carbocycles. The van der Waals surface area contributed by atoms with Crippen LogP contribution in [0.3, 0.4) is 0 Å². The normalized spacial score (nSPS) is 29.6. The Morgan fingerprint density at radius 3 is 2.68 bits per heavy atom. The third-order valence-electron chi connectivity index (χ3n) is 6.94. The minimum Gasteiger partial charge on any atom is -0.337 e. The van der Waals surface area contributed by atoms with Crippen molar-refractivity contribution >= 4 is 57.5 Å². The number of aryl methyl sites for hydroxylation is 1. The molecule has 31 heavy (non-hydrogen) atoms. The molecule has 1 amide bonds. The molecule has 1 aromatic heterocycles. The highest BCUT2D eigenvalue weighted by Crippen LogP contribution is 2.39. The molecule has 9 nitrogen and oxygen atoms in total. The lowest BCUT2D eigenvalue weighted by molar-refractivity contribution is -0.127. The summed E-state index contributed by atoms with van der Waals surface area (Å²) < 4.78 is 1.56. The summed E-state index contributed by atoms with van der Waals surface area (Å²) in [6.07, 6.45) is 2.15. The van der Waals surface area contributed by atoms with Gasteiger partial charge in [0.2, 0.25) is 11.9 Å². The van der Waals surface area contributed by atoms with Crippen LogP contribution in [0.15, 0.2) is 27.3 Å². The molecular weight excluding hydrogens is 439 g/mol. The number of hydrogen-bond acceptors (Lipinski definition) is 7. The molecule has 1 unspecified atom stereocenters. The van der Waals surface area contributed by atoms with Crippen molar-refractivity contribution in [2.75, 3.05) is 13.6 Å². The van der Waals surface area contributed by atoms with Crippen molar-refractivity contribution in [3.8, 4) is 0 Å². The third-order valence-corrected chi connectivity index (χ3v) is 7.76. The van der Waals surface area contributed by atoms with Gasteiger partial charge in [-0.3, -0.25) is 14.4 Å². The van der Waals surface area contributed by atoms with E-state index in [9.17, 15) is 4.79 Å². The van der Waals surface area contributed by atoms with Crippen molar-refractivity contribution in [1.82, 2.24) is 19.6 Å². The van der Waals surface area contributed by atoms with Crippen molar-refractivity contribution < 1.29 is 4.79 Å². The summed E-state index contributed by atoms with van der Waals surface area (Å²) in [4.78, 5) is 21.9. The number of rotatable bonds is 1. The highest BCUT2D eigenvalue weighted by molar-refractivity contribution is 6.45. The van der Waals surface area contributed by atoms with Gasteiger partial charge in [0.25, 0.3) is 0 Å². The summed E-state index contributed by atoms with van der Waals surface area (Å²) >= 11 is 13.1. The lowest BCUT2D eigenvalue weighted by Gasteiger charge is -2.37. The lowest BCUT2D eigenvalue weighted by atomic mass is 9.93. The summed E-state index contributed by atoms with van der Waals surface area (Å²) in [7, 11) is 3.49. The van der Waals surface area contributed by atoms with Crippen LogP contribution in [-0.4, -0.2) is 68.7 Å². The first-order valence-corrected chi connectivity index (χ1v) is 11.0. The van der Waals surface area contributed by atoms with E-state index in [-0.39, 0.29) is 18.0 Å². The summed E-state index contributed by atoms with van der Waals surface area (Å²) in [5, 5.41) is 14.4. The molecule has 6 rings (SSSR count). The van der Waals surface area contributed by atoms with Crippen molar-refractivity contribution in [2.45, 2.75) is 24.9 Å². The highest BCUT2D eigenvalue weighted by atomic mass is 35.5. The number of carbonyl (C=O) groups excluding carboxylic acids is 1. The second-order valence-electron chi connectivity index (χ2n) is 8.56. The van der Waals surface area contributed by atoms with Crippen molar-refractivity contribution in [3.05, 3.63) is 27.9 Å². The number of piperidine rings is 1. The van der Waals surface area contributed by atoms with Crippen LogP contribution in [0, 0.1) is 11.8 Å². The molecule has 4 aliphatic rings. The first-order chi connectivity index (χ1) is 14.9.